The number of benzene rings is 2. The molecule has 2 aromatic carbocycles. The van der Waals surface area contributed by atoms with E-state index in [4.69, 9.17) is 5.73 Å². The number of nitrogens with two attached hydrogens (primary N) is 1. The molecule has 0 aliphatic rings. The molecule has 2 rings (SSSR count). The predicted molar refractivity (Wildman–Crippen MR) is 67.6 cm³/mol. The standard InChI is InChI=1S/C14H17NO/c15-10-4-3-6-12-9-8-11-5-1-2-7-13(11)14(12)16/h1-2,5,7-9,16H,3-4,6,10,15H2. The van der Waals surface area contributed by atoms with Crippen LogP contribution in [-0.2, 0) is 6.42 Å². The number of phenols is 1. The Morgan fingerprint density at radius 1 is 1.00 bits per heavy atom. The summed E-state index contributed by atoms with van der Waals surface area (Å²) in [5.41, 5.74) is 6.48. The monoisotopic (exact) mass is 215 g/mol. The Morgan fingerprint density at radius 2 is 1.81 bits per heavy atom. The summed E-state index contributed by atoms with van der Waals surface area (Å²) in [6.07, 6.45) is 2.93. The molecule has 0 spiro atoms. The molecular formula is C14H17NO. The second kappa shape index (κ2) is 4.99. The van der Waals surface area contributed by atoms with Crippen molar-refractivity contribution in [1.29, 1.82) is 0 Å². The molecule has 0 radical (unpaired) electrons. The Bertz CT molecular complexity index is 479. The van der Waals surface area contributed by atoms with Crippen LogP contribution in [0.15, 0.2) is 36.4 Å². The van der Waals surface area contributed by atoms with E-state index in [1.165, 1.54) is 0 Å². The molecule has 0 aromatic heterocycles. The Morgan fingerprint density at radius 3 is 2.62 bits per heavy atom. The minimum Gasteiger partial charge on any atom is -0.507 e. The molecule has 0 amide bonds. The topological polar surface area (TPSA) is 46.2 Å². The van der Waals surface area contributed by atoms with Gasteiger partial charge >= 0.3 is 0 Å². The third-order valence-electron chi connectivity index (χ3n) is 2.88. The molecule has 0 bridgehead atoms. The molecule has 84 valence electrons. The van der Waals surface area contributed by atoms with Crippen LogP contribution >= 0.6 is 0 Å². The van der Waals surface area contributed by atoms with Crippen LogP contribution in [0.4, 0.5) is 0 Å². The van der Waals surface area contributed by atoms with E-state index in [0.717, 1.165) is 35.6 Å². The molecule has 0 aliphatic heterocycles. The lowest BCUT2D eigenvalue weighted by Gasteiger charge is -2.07. The van der Waals surface area contributed by atoms with Crippen molar-refractivity contribution in [3.63, 3.8) is 0 Å². The summed E-state index contributed by atoms with van der Waals surface area (Å²) in [5.74, 6) is 0.426. The molecule has 0 unspecified atom stereocenters. The lowest BCUT2D eigenvalue weighted by molar-refractivity contribution is 0.473. The van der Waals surface area contributed by atoms with E-state index >= 15 is 0 Å². The summed E-state index contributed by atoms with van der Waals surface area (Å²) in [6.45, 7) is 0.717. The van der Waals surface area contributed by atoms with Crippen LogP contribution in [0, 0.1) is 0 Å². The number of phenolic OH excluding ortho intramolecular Hbond substituents is 1. The fraction of sp³-hybridized carbons (Fsp3) is 0.286. The molecule has 0 saturated heterocycles. The maximum Gasteiger partial charge on any atom is 0.126 e. The first-order valence-corrected chi connectivity index (χ1v) is 5.72. The van der Waals surface area contributed by atoms with Gasteiger partial charge in [-0.25, -0.2) is 0 Å². The Balaban J connectivity index is 2.29. The number of hydrogen-bond donors (Lipinski definition) is 2. The van der Waals surface area contributed by atoms with E-state index < -0.39 is 0 Å². The van der Waals surface area contributed by atoms with Crippen molar-refractivity contribution in [2.75, 3.05) is 6.54 Å². The molecule has 0 atom stereocenters. The summed E-state index contributed by atoms with van der Waals surface area (Å²) >= 11 is 0. The molecule has 16 heavy (non-hydrogen) atoms. The Hall–Kier alpha value is -1.54. The fourth-order valence-electron chi connectivity index (χ4n) is 1.96. The van der Waals surface area contributed by atoms with Gasteiger partial charge in [0.15, 0.2) is 0 Å². The maximum absolute atomic E-state index is 10.1. The fourth-order valence-corrected chi connectivity index (χ4v) is 1.96. The van der Waals surface area contributed by atoms with E-state index in [2.05, 4.69) is 6.07 Å². The quantitative estimate of drug-likeness (QED) is 0.770. The number of unbranched alkanes of at least 4 members (excludes halogenated alkanes) is 1. The number of rotatable bonds is 4. The number of hydrogen-bond acceptors (Lipinski definition) is 2. The second-order valence-corrected chi connectivity index (χ2v) is 4.04. The van der Waals surface area contributed by atoms with Gasteiger partial charge in [-0.15, -0.1) is 0 Å². The molecule has 3 N–H and O–H groups in total. The van der Waals surface area contributed by atoms with Crippen molar-refractivity contribution in [2.24, 2.45) is 5.73 Å². The lowest BCUT2D eigenvalue weighted by Crippen LogP contribution is -1.99. The van der Waals surface area contributed by atoms with E-state index in [1.807, 2.05) is 30.3 Å². The first-order valence-electron chi connectivity index (χ1n) is 5.72. The zero-order chi connectivity index (χ0) is 11.4. The number of aromatic hydroxyl groups is 1. The maximum atomic E-state index is 10.1. The second-order valence-electron chi connectivity index (χ2n) is 4.04. The molecule has 2 aromatic rings. The summed E-state index contributed by atoms with van der Waals surface area (Å²) in [6, 6.07) is 12.0. The van der Waals surface area contributed by atoms with E-state index in [-0.39, 0.29) is 0 Å². The van der Waals surface area contributed by atoms with Gasteiger partial charge in [0.05, 0.1) is 0 Å². The average Bonchev–Trinajstić information content (AvgIpc) is 2.33. The lowest BCUT2D eigenvalue weighted by atomic mass is 10.0. The third-order valence-corrected chi connectivity index (χ3v) is 2.88. The summed E-state index contributed by atoms with van der Waals surface area (Å²) < 4.78 is 0. The SMILES string of the molecule is NCCCCc1ccc2ccccc2c1O. The van der Waals surface area contributed by atoms with Crippen LogP contribution in [0.3, 0.4) is 0 Å². The van der Waals surface area contributed by atoms with Crippen molar-refractivity contribution < 1.29 is 5.11 Å². The normalized spacial score (nSPS) is 10.8. The van der Waals surface area contributed by atoms with Crippen LogP contribution in [0.1, 0.15) is 18.4 Å². The average molecular weight is 215 g/mol. The van der Waals surface area contributed by atoms with E-state index in [9.17, 15) is 5.11 Å². The smallest absolute Gasteiger partial charge is 0.126 e. The van der Waals surface area contributed by atoms with Crippen LogP contribution in [0.2, 0.25) is 0 Å². The highest BCUT2D eigenvalue weighted by molar-refractivity contribution is 5.89. The first kappa shape index (κ1) is 11.0. The summed E-state index contributed by atoms with van der Waals surface area (Å²) in [5, 5.41) is 12.1. The van der Waals surface area contributed by atoms with Gasteiger partial charge in [0.1, 0.15) is 5.75 Å². The molecule has 0 fully saturated rings. The molecule has 0 aliphatic carbocycles. The van der Waals surface area contributed by atoms with Crippen molar-refractivity contribution in [3.05, 3.63) is 42.0 Å². The molecule has 0 heterocycles. The molecular weight excluding hydrogens is 198 g/mol. The predicted octanol–water partition coefficient (Wildman–Crippen LogP) is 2.83. The van der Waals surface area contributed by atoms with Crippen molar-refractivity contribution in [2.45, 2.75) is 19.3 Å². The van der Waals surface area contributed by atoms with Gasteiger partial charge in [-0.1, -0.05) is 36.4 Å². The van der Waals surface area contributed by atoms with Crippen LogP contribution < -0.4 is 5.73 Å². The third kappa shape index (κ3) is 2.17. The highest BCUT2D eigenvalue weighted by Crippen LogP contribution is 2.29. The van der Waals surface area contributed by atoms with Gasteiger partial charge in [0, 0.05) is 5.39 Å². The van der Waals surface area contributed by atoms with Crippen molar-refractivity contribution >= 4 is 10.8 Å². The number of aryl methyl sites for hydroxylation is 1. The first-order chi connectivity index (χ1) is 7.83. The zero-order valence-electron chi connectivity index (χ0n) is 9.32. The van der Waals surface area contributed by atoms with E-state index in [0.29, 0.717) is 12.3 Å². The van der Waals surface area contributed by atoms with E-state index in [1.54, 1.807) is 0 Å². The van der Waals surface area contributed by atoms with Gasteiger partial charge in [0.2, 0.25) is 0 Å². The van der Waals surface area contributed by atoms with Gasteiger partial charge in [-0.2, -0.15) is 0 Å². The minimum absolute atomic E-state index is 0.426. The Kier molecular flexibility index (Phi) is 3.42. The van der Waals surface area contributed by atoms with Crippen LogP contribution in [0.25, 0.3) is 10.8 Å². The summed E-state index contributed by atoms with van der Waals surface area (Å²) in [7, 11) is 0. The van der Waals surface area contributed by atoms with Crippen molar-refractivity contribution in [3.8, 4) is 5.75 Å². The van der Waals surface area contributed by atoms with Gasteiger partial charge in [0.25, 0.3) is 0 Å². The van der Waals surface area contributed by atoms with Crippen LogP contribution in [-0.4, -0.2) is 11.7 Å². The van der Waals surface area contributed by atoms with Gasteiger partial charge < -0.3 is 10.8 Å². The number of fused-ring (bicyclic) bond motifs is 1. The largest absolute Gasteiger partial charge is 0.507 e. The van der Waals surface area contributed by atoms with Crippen LogP contribution in [0.5, 0.6) is 5.75 Å². The zero-order valence-corrected chi connectivity index (χ0v) is 9.32. The molecule has 2 nitrogen and oxygen atoms in total. The minimum atomic E-state index is 0.426. The summed E-state index contributed by atoms with van der Waals surface area (Å²) in [4.78, 5) is 0. The van der Waals surface area contributed by atoms with Crippen molar-refractivity contribution in [1.82, 2.24) is 0 Å². The van der Waals surface area contributed by atoms with Gasteiger partial charge in [-0.3, -0.25) is 0 Å². The highest BCUT2D eigenvalue weighted by Gasteiger charge is 2.05. The Labute approximate surface area is 95.7 Å². The van der Waals surface area contributed by atoms with Gasteiger partial charge in [-0.05, 0) is 36.8 Å². The molecule has 0 saturated carbocycles. The highest BCUT2D eigenvalue weighted by atomic mass is 16.3. The molecule has 2 heteroatoms.